The first-order valence-corrected chi connectivity index (χ1v) is 8.36. The Morgan fingerprint density at radius 3 is 2.86 bits per heavy atom. The van der Waals surface area contributed by atoms with E-state index in [4.69, 9.17) is 0 Å². The zero-order valence-electron chi connectivity index (χ0n) is 13.6. The molecule has 0 saturated heterocycles. The Morgan fingerprint density at radius 2 is 2.27 bits per heavy atom. The molecule has 5 nitrogen and oxygen atoms in total. The Labute approximate surface area is 135 Å². The summed E-state index contributed by atoms with van der Waals surface area (Å²) in [5, 5.41) is 9.66. The van der Waals surface area contributed by atoms with E-state index in [0.29, 0.717) is 13.1 Å². The van der Waals surface area contributed by atoms with Crippen molar-refractivity contribution in [1.82, 2.24) is 20.0 Å². The molecular formula is C16H24N4OS. The molecule has 0 aliphatic heterocycles. The van der Waals surface area contributed by atoms with E-state index >= 15 is 0 Å². The molecule has 1 N–H and O–H groups in total. The van der Waals surface area contributed by atoms with Gasteiger partial charge in [0.25, 0.3) is 0 Å². The molecule has 2 rings (SSSR count). The lowest BCUT2D eigenvalue weighted by molar-refractivity contribution is -0.129. The second-order valence-corrected chi connectivity index (χ2v) is 6.77. The number of rotatable bonds is 7. The van der Waals surface area contributed by atoms with E-state index < -0.39 is 0 Å². The summed E-state index contributed by atoms with van der Waals surface area (Å²) in [6.07, 6.45) is 3.87. The van der Waals surface area contributed by atoms with Crippen molar-refractivity contribution in [3.63, 3.8) is 0 Å². The van der Waals surface area contributed by atoms with Gasteiger partial charge in [0.15, 0.2) is 0 Å². The number of aryl methyl sites for hydroxylation is 1. The quantitative estimate of drug-likeness (QED) is 0.852. The average Bonchev–Trinajstić information content (AvgIpc) is 3.15. The molecule has 0 bridgehead atoms. The fraction of sp³-hybridized carbons (Fsp3) is 0.500. The van der Waals surface area contributed by atoms with Crippen LogP contribution in [0.3, 0.4) is 0 Å². The van der Waals surface area contributed by atoms with Crippen molar-refractivity contribution in [2.45, 2.75) is 39.4 Å². The van der Waals surface area contributed by atoms with Crippen LogP contribution < -0.4 is 5.32 Å². The third-order valence-corrected chi connectivity index (χ3v) is 4.71. The molecule has 2 heterocycles. The number of carbonyl (C=O) groups excluding carboxylic acids is 1. The predicted molar refractivity (Wildman–Crippen MR) is 89.9 cm³/mol. The minimum absolute atomic E-state index is 0.101. The average molecular weight is 320 g/mol. The van der Waals surface area contributed by atoms with Crippen molar-refractivity contribution in [2.24, 2.45) is 0 Å². The van der Waals surface area contributed by atoms with Gasteiger partial charge in [0.05, 0.1) is 25.3 Å². The zero-order valence-corrected chi connectivity index (χ0v) is 14.4. The molecule has 120 valence electrons. The van der Waals surface area contributed by atoms with Crippen molar-refractivity contribution in [2.75, 3.05) is 13.6 Å². The van der Waals surface area contributed by atoms with Gasteiger partial charge in [0, 0.05) is 24.2 Å². The number of nitrogens with one attached hydrogen (secondary N) is 1. The van der Waals surface area contributed by atoms with E-state index in [1.54, 1.807) is 16.2 Å². The Balaban J connectivity index is 1.79. The number of likely N-dealkylation sites (N-methyl/N-ethyl adjacent to an activating group) is 1. The molecule has 0 aromatic carbocycles. The molecule has 1 amide bonds. The van der Waals surface area contributed by atoms with Gasteiger partial charge in [0.1, 0.15) is 0 Å². The topological polar surface area (TPSA) is 50.2 Å². The van der Waals surface area contributed by atoms with Gasteiger partial charge < -0.3 is 10.2 Å². The number of hydrogen-bond donors (Lipinski definition) is 1. The highest BCUT2D eigenvalue weighted by atomic mass is 32.1. The van der Waals surface area contributed by atoms with Gasteiger partial charge in [-0.15, -0.1) is 11.3 Å². The van der Waals surface area contributed by atoms with Crippen LogP contribution in [0.2, 0.25) is 0 Å². The monoisotopic (exact) mass is 320 g/mol. The van der Waals surface area contributed by atoms with E-state index in [1.165, 1.54) is 4.88 Å². The first-order chi connectivity index (χ1) is 10.5. The van der Waals surface area contributed by atoms with Crippen molar-refractivity contribution >= 4 is 17.2 Å². The fourth-order valence-corrected chi connectivity index (χ4v) is 2.92. The summed E-state index contributed by atoms with van der Waals surface area (Å²) in [5.74, 6) is 0.101. The minimum Gasteiger partial charge on any atom is -0.340 e. The van der Waals surface area contributed by atoms with Crippen LogP contribution in [0.4, 0.5) is 0 Å². The molecule has 0 spiro atoms. The van der Waals surface area contributed by atoms with Gasteiger partial charge in [-0.05, 0) is 37.8 Å². The highest BCUT2D eigenvalue weighted by molar-refractivity contribution is 7.09. The first-order valence-electron chi connectivity index (χ1n) is 7.48. The van der Waals surface area contributed by atoms with Crippen molar-refractivity contribution in [1.29, 1.82) is 0 Å². The van der Waals surface area contributed by atoms with E-state index in [0.717, 1.165) is 5.56 Å². The number of aromatic nitrogens is 2. The lowest BCUT2D eigenvalue weighted by atomic mass is 10.1. The fourth-order valence-electron chi connectivity index (χ4n) is 2.16. The summed E-state index contributed by atoms with van der Waals surface area (Å²) in [6, 6.07) is 4.42. The summed E-state index contributed by atoms with van der Waals surface area (Å²) in [4.78, 5) is 15.1. The van der Waals surface area contributed by atoms with E-state index in [-0.39, 0.29) is 18.0 Å². The maximum atomic E-state index is 12.2. The van der Waals surface area contributed by atoms with Crippen LogP contribution in [0.1, 0.15) is 30.3 Å². The van der Waals surface area contributed by atoms with Crippen molar-refractivity contribution < 1.29 is 4.79 Å². The van der Waals surface area contributed by atoms with Gasteiger partial charge >= 0.3 is 0 Å². The van der Waals surface area contributed by atoms with Crippen molar-refractivity contribution in [3.05, 3.63) is 40.3 Å². The SMILES string of the molecule is Cc1cnn([C@@H](C)[C@@H](C)NCC(=O)N(C)Cc2cccs2)c1. The summed E-state index contributed by atoms with van der Waals surface area (Å²) in [5.41, 5.74) is 1.14. The third-order valence-electron chi connectivity index (χ3n) is 3.85. The second kappa shape index (κ2) is 7.56. The normalized spacial score (nSPS) is 13.8. The second-order valence-electron chi connectivity index (χ2n) is 5.74. The lowest BCUT2D eigenvalue weighted by Crippen LogP contribution is -2.41. The Kier molecular flexibility index (Phi) is 5.74. The van der Waals surface area contributed by atoms with Gasteiger partial charge in [-0.1, -0.05) is 6.07 Å². The number of thiophene rings is 1. The molecule has 2 aromatic heterocycles. The van der Waals surface area contributed by atoms with E-state index in [1.807, 2.05) is 48.6 Å². The highest BCUT2D eigenvalue weighted by Gasteiger charge is 2.17. The molecule has 2 atom stereocenters. The Bertz CT molecular complexity index is 593. The highest BCUT2D eigenvalue weighted by Crippen LogP contribution is 2.12. The first kappa shape index (κ1) is 16.7. The predicted octanol–water partition coefficient (Wildman–Crippen LogP) is 2.45. The van der Waals surface area contributed by atoms with Gasteiger partial charge in [-0.25, -0.2) is 0 Å². The summed E-state index contributed by atoms with van der Waals surface area (Å²) in [7, 11) is 1.84. The molecule has 0 radical (unpaired) electrons. The number of carbonyl (C=O) groups is 1. The number of nitrogens with zero attached hydrogens (tertiary/aromatic N) is 3. The zero-order chi connectivity index (χ0) is 16.1. The van der Waals surface area contributed by atoms with Crippen molar-refractivity contribution in [3.8, 4) is 0 Å². The molecule has 0 fully saturated rings. The maximum Gasteiger partial charge on any atom is 0.236 e. The summed E-state index contributed by atoms with van der Waals surface area (Å²) >= 11 is 1.67. The van der Waals surface area contributed by atoms with Crippen LogP contribution in [0, 0.1) is 6.92 Å². The largest absolute Gasteiger partial charge is 0.340 e. The maximum absolute atomic E-state index is 12.2. The van der Waals surface area contributed by atoms with Crippen LogP contribution >= 0.6 is 11.3 Å². The van der Waals surface area contributed by atoms with Crippen LogP contribution in [-0.4, -0.2) is 40.2 Å². The molecule has 0 saturated carbocycles. The number of hydrogen-bond acceptors (Lipinski definition) is 4. The van der Waals surface area contributed by atoms with Crippen LogP contribution in [-0.2, 0) is 11.3 Å². The smallest absolute Gasteiger partial charge is 0.236 e. The van der Waals surface area contributed by atoms with Gasteiger partial charge in [0.2, 0.25) is 5.91 Å². The van der Waals surface area contributed by atoms with Gasteiger partial charge in [-0.2, -0.15) is 5.10 Å². The lowest BCUT2D eigenvalue weighted by Gasteiger charge is -2.23. The summed E-state index contributed by atoms with van der Waals surface area (Å²) < 4.78 is 1.94. The molecule has 0 aliphatic rings. The molecule has 6 heteroatoms. The number of amides is 1. The third kappa shape index (κ3) is 4.42. The van der Waals surface area contributed by atoms with Gasteiger partial charge in [-0.3, -0.25) is 9.48 Å². The summed E-state index contributed by atoms with van der Waals surface area (Å²) in [6.45, 7) is 7.21. The van der Waals surface area contributed by atoms with Crippen LogP contribution in [0.5, 0.6) is 0 Å². The Hall–Kier alpha value is -1.66. The standard InChI is InChI=1S/C16H24N4OS/c1-12-8-18-20(10-12)14(3)13(2)17-9-16(21)19(4)11-15-6-5-7-22-15/h5-8,10,13-14,17H,9,11H2,1-4H3/t13-,14+/m1/s1. The van der Waals surface area contributed by atoms with E-state index in [9.17, 15) is 4.79 Å². The van der Waals surface area contributed by atoms with Crippen LogP contribution in [0.25, 0.3) is 0 Å². The molecular weight excluding hydrogens is 296 g/mol. The molecule has 0 aliphatic carbocycles. The Morgan fingerprint density at radius 1 is 1.50 bits per heavy atom. The van der Waals surface area contributed by atoms with E-state index in [2.05, 4.69) is 24.3 Å². The molecule has 2 aromatic rings. The molecule has 22 heavy (non-hydrogen) atoms. The van der Waals surface area contributed by atoms with Crippen LogP contribution in [0.15, 0.2) is 29.9 Å². The minimum atomic E-state index is 0.101. The molecule has 0 unspecified atom stereocenters.